The topological polar surface area (TPSA) is 73.3 Å². The minimum absolute atomic E-state index is 0.293. The highest BCUT2D eigenvalue weighted by molar-refractivity contribution is 6.02. The summed E-state index contributed by atoms with van der Waals surface area (Å²) in [6, 6.07) is 16.0. The molecule has 1 N–H and O–H groups in total. The summed E-state index contributed by atoms with van der Waals surface area (Å²) in [5, 5.41) is 2.72. The number of carbonyl (C=O) groups excluding carboxylic acids is 1. The third kappa shape index (κ3) is 3.74. The third-order valence-electron chi connectivity index (χ3n) is 3.57. The molecule has 0 unspecified atom stereocenters. The lowest BCUT2D eigenvalue weighted by atomic mass is 10.1. The van der Waals surface area contributed by atoms with Crippen LogP contribution in [0.5, 0.6) is 11.5 Å². The summed E-state index contributed by atoms with van der Waals surface area (Å²) in [6.45, 7) is 0. The highest BCUT2D eigenvalue weighted by atomic mass is 16.5. The van der Waals surface area contributed by atoms with Crippen molar-refractivity contribution >= 4 is 11.7 Å². The Kier molecular flexibility index (Phi) is 4.89. The monoisotopic (exact) mass is 335 g/mol. The predicted molar refractivity (Wildman–Crippen MR) is 95.0 cm³/mol. The molecule has 0 aliphatic heterocycles. The molecule has 3 rings (SSSR count). The van der Waals surface area contributed by atoms with Crippen molar-refractivity contribution in [1.82, 2.24) is 9.97 Å². The molecule has 0 aliphatic carbocycles. The molecular formula is C19H17N3O3. The van der Waals surface area contributed by atoms with Crippen LogP contribution in [0.25, 0.3) is 11.3 Å². The molecule has 3 aromatic rings. The van der Waals surface area contributed by atoms with Crippen LogP contribution in [0.1, 0.15) is 10.5 Å². The lowest BCUT2D eigenvalue weighted by molar-refractivity contribution is 0.102. The second-order valence-electron chi connectivity index (χ2n) is 5.14. The zero-order valence-corrected chi connectivity index (χ0v) is 13.9. The standard InChI is InChI=1S/C19H17N3O3/c1-24-13-9-10-14(17(12-13)25-2)15-6-5-7-16(21-15)19(23)22-18-8-3-4-11-20-18/h3-12H,1-2H3,(H,20,22,23). The first-order valence-electron chi connectivity index (χ1n) is 7.63. The molecule has 2 heterocycles. The number of benzene rings is 1. The van der Waals surface area contributed by atoms with E-state index in [1.807, 2.05) is 18.2 Å². The van der Waals surface area contributed by atoms with Gasteiger partial charge in [-0.25, -0.2) is 9.97 Å². The zero-order valence-electron chi connectivity index (χ0n) is 13.9. The number of hydrogen-bond acceptors (Lipinski definition) is 5. The molecule has 0 saturated carbocycles. The summed E-state index contributed by atoms with van der Waals surface area (Å²) in [4.78, 5) is 20.9. The Bertz CT molecular complexity index is 882. The Hall–Kier alpha value is -3.41. The van der Waals surface area contributed by atoms with E-state index in [-0.39, 0.29) is 5.91 Å². The number of aromatic nitrogens is 2. The second-order valence-corrected chi connectivity index (χ2v) is 5.14. The average molecular weight is 335 g/mol. The molecular weight excluding hydrogens is 318 g/mol. The number of methoxy groups -OCH3 is 2. The van der Waals surface area contributed by atoms with Crippen molar-refractivity contribution in [3.63, 3.8) is 0 Å². The van der Waals surface area contributed by atoms with Gasteiger partial charge in [0.05, 0.1) is 19.9 Å². The Balaban J connectivity index is 1.90. The van der Waals surface area contributed by atoms with Crippen LogP contribution in [0.4, 0.5) is 5.82 Å². The van der Waals surface area contributed by atoms with Gasteiger partial charge in [0.15, 0.2) is 0 Å². The van der Waals surface area contributed by atoms with Crippen LogP contribution < -0.4 is 14.8 Å². The minimum Gasteiger partial charge on any atom is -0.497 e. The fraction of sp³-hybridized carbons (Fsp3) is 0.105. The normalized spacial score (nSPS) is 10.2. The molecule has 0 bridgehead atoms. The molecule has 0 fully saturated rings. The van der Waals surface area contributed by atoms with E-state index in [1.54, 1.807) is 56.8 Å². The van der Waals surface area contributed by atoms with Crippen LogP contribution in [0.15, 0.2) is 60.8 Å². The van der Waals surface area contributed by atoms with E-state index >= 15 is 0 Å². The van der Waals surface area contributed by atoms with E-state index in [2.05, 4.69) is 15.3 Å². The molecule has 2 aromatic heterocycles. The highest BCUT2D eigenvalue weighted by Crippen LogP contribution is 2.32. The van der Waals surface area contributed by atoms with Gasteiger partial charge < -0.3 is 14.8 Å². The fourth-order valence-corrected chi connectivity index (χ4v) is 2.34. The molecule has 25 heavy (non-hydrogen) atoms. The fourth-order valence-electron chi connectivity index (χ4n) is 2.34. The number of pyridine rings is 2. The number of rotatable bonds is 5. The molecule has 0 saturated heterocycles. The largest absolute Gasteiger partial charge is 0.497 e. The Morgan fingerprint density at radius 3 is 2.60 bits per heavy atom. The Labute approximate surface area is 145 Å². The van der Waals surface area contributed by atoms with Crippen LogP contribution in [-0.2, 0) is 0 Å². The molecule has 1 aromatic carbocycles. The quantitative estimate of drug-likeness (QED) is 0.773. The first-order chi connectivity index (χ1) is 12.2. The van der Waals surface area contributed by atoms with Crippen LogP contribution in [0.2, 0.25) is 0 Å². The summed E-state index contributed by atoms with van der Waals surface area (Å²) in [5.74, 6) is 1.45. The summed E-state index contributed by atoms with van der Waals surface area (Å²) < 4.78 is 10.6. The van der Waals surface area contributed by atoms with Gasteiger partial charge >= 0.3 is 0 Å². The summed E-state index contributed by atoms with van der Waals surface area (Å²) in [6.07, 6.45) is 1.61. The maximum Gasteiger partial charge on any atom is 0.275 e. The molecule has 0 radical (unpaired) electrons. The van der Waals surface area contributed by atoms with Gasteiger partial charge in [0.1, 0.15) is 23.0 Å². The number of nitrogens with one attached hydrogen (secondary N) is 1. The maximum atomic E-state index is 12.4. The van der Waals surface area contributed by atoms with Crippen LogP contribution >= 0.6 is 0 Å². The Morgan fingerprint density at radius 2 is 1.88 bits per heavy atom. The smallest absolute Gasteiger partial charge is 0.275 e. The lowest BCUT2D eigenvalue weighted by Gasteiger charge is -2.11. The zero-order chi connectivity index (χ0) is 17.6. The number of amides is 1. The van der Waals surface area contributed by atoms with Gasteiger partial charge in [0.2, 0.25) is 0 Å². The molecule has 1 amide bonds. The number of hydrogen-bond donors (Lipinski definition) is 1. The van der Waals surface area contributed by atoms with Crippen molar-refractivity contribution in [1.29, 1.82) is 0 Å². The first kappa shape index (κ1) is 16.4. The Morgan fingerprint density at radius 1 is 1.00 bits per heavy atom. The van der Waals surface area contributed by atoms with Crippen LogP contribution in [-0.4, -0.2) is 30.1 Å². The van der Waals surface area contributed by atoms with E-state index in [4.69, 9.17) is 9.47 Å². The molecule has 6 nitrogen and oxygen atoms in total. The minimum atomic E-state index is -0.326. The van der Waals surface area contributed by atoms with E-state index in [9.17, 15) is 4.79 Å². The summed E-state index contributed by atoms with van der Waals surface area (Å²) in [7, 11) is 3.17. The van der Waals surface area contributed by atoms with Crippen molar-refractivity contribution in [2.24, 2.45) is 0 Å². The summed E-state index contributed by atoms with van der Waals surface area (Å²) >= 11 is 0. The van der Waals surface area contributed by atoms with Gasteiger partial charge in [-0.1, -0.05) is 12.1 Å². The van der Waals surface area contributed by atoms with E-state index in [0.717, 1.165) is 5.56 Å². The van der Waals surface area contributed by atoms with E-state index in [0.29, 0.717) is 28.7 Å². The average Bonchev–Trinajstić information content (AvgIpc) is 2.68. The van der Waals surface area contributed by atoms with Gasteiger partial charge in [-0.15, -0.1) is 0 Å². The van der Waals surface area contributed by atoms with Crippen molar-refractivity contribution in [3.05, 3.63) is 66.5 Å². The molecule has 0 spiro atoms. The molecule has 126 valence electrons. The first-order valence-corrected chi connectivity index (χ1v) is 7.63. The SMILES string of the molecule is COc1ccc(-c2cccc(C(=O)Nc3ccccn3)n2)c(OC)c1. The van der Waals surface area contributed by atoms with Crippen LogP contribution in [0, 0.1) is 0 Å². The van der Waals surface area contributed by atoms with Gasteiger partial charge in [-0.3, -0.25) is 4.79 Å². The number of carbonyl (C=O) groups is 1. The van der Waals surface area contributed by atoms with Crippen molar-refractivity contribution < 1.29 is 14.3 Å². The number of nitrogens with zero attached hydrogens (tertiary/aromatic N) is 2. The van der Waals surface area contributed by atoms with Crippen LogP contribution in [0.3, 0.4) is 0 Å². The lowest BCUT2D eigenvalue weighted by Crippen LogP contribution is -2.14. The van der Waals surface area contributed by atoms with E-state index in [1.165, 1.54) is 0 Å². The maximum absolute atomic E-state index is 12.4. The number of ether oxygens (including phenoxy) is 2. The molecule has 0 atom stereocenters. The van der Waals surface area contributed by atoms with Crippen molar-refractivity contribution in [3.8, 4) is 22.8 Å². The van der Waals surface area contributed by atoms with Gasteiger partial charge in [0.25, 0.3) is 5.91 Å². The summed E-state index contributed by atoms with van der Waals surface area (Å²) in [5.41, 5.74) is 1.70. The van der Waals surface area contributed by atoms with Gasteiger partial charge in [-0.05, 0) is 36.4 Å². The number of anilines is 1. The van der Waals surface area contributed by atoms with Gasteiger partial charge in [-0.2, -0.15) is 0 Å². The molecule has 0 aliphatic rings. The molecule has 6 heteroatoms. The van der Waals surface area contributed by atoms with Crippen molar-refractivity contribution in [2.45, 2.75) is 0 Å². The van der Waals surface area contributed by atoms with Crippen molar-refractivity contribution in [2.75, 3.05) is 19.5 Å². The predicted octanol–water partition coefficient (Wildman–Crippen LogP) is 3.41. The highest BCUT2D eigenvalue weighted by Gasteiger charge is 2.13. The van der Waals surface area contributed by atoms with Gasteiger partial charge in [0, 0.05) is 17.8 Å². The van der Waals surface area contributed by atoms with E-state index < -0.39 is 0 Å². The third-order valence-corrected chi connectivity index (χ3v) is 3.57. The second kappa shape index (κ2) is 7.44.